The summed E-state index contributed by atoms with van der Waals surface area (Å²) < 4.78 is 19.9. The third-order valence-corrected chi connectivity index (χ3v) is 3.61. The fourth-order valence-corrected chi connectivity index (χ4v) is 2.38. The SMILES string of the molecule is NCCOc1cccc(C(=O)c2cnn(-c3ccc(F)cc3)c2N)c1. The Bertz CT molecular complexity index is 890. The van der Waals surface area contributed by atoms with Crippen molar-refractivity contribution in [3.63, 3.8) is 0 Å². The molecule has 0 saturated heterocycles. The minimum atomic E-state index is -0.361. The van der Waals surface area contributed by atoms with Crippen molar-refractivity contribution in [3.8, 4) is 11.4 Å². The Morgan fingerprint density at radius 3 is 2.68 bits per heavy atom. The monoisotopic (exact) mass is 340 g/mol. The highest BCUT2D eigenvalue weighted by atomic mass is 19.1. The molecule has 3 rings (SSSR count). The normalized spacial score (nSPS) is 10.6. The molecule has 0 saturated carbocycles. The summed E-state index contributed by atoms with van der Waals surface area (Å²) in [6.45, 7) is 0.748. The smallest absolute Gasteiger partial charge is 0.198 e. The van der Waals surface area contributed by atoms with E-state index in [-0.39, 0.29) is 23.0 Å². The molecule has 4 N–H and O–H groups in total. The molecule has 1 heterocycles. The van der Waals surface area contributed by atoms with Gasteiger partial charge in [0.2, 0.25) is 0 Å². The Morgan fingerprint density at radius 1 is 1.20 bits per heavy atom. The lowest BCUT2D eigenvalue weighted by Crippen LogP contribution is -2.11. The fourth-order valence-electron chi connectivity index (χ4n) is 2.38. The number of rotatable bonds is 6. The van der Waals surface area contributed by atoms with Gasteiger partial charge in [0.1, 0.15) is 24.0 Å². The maximum absolute atomic E-state index is 13.0. The molecular formula is C18H17FN4O2. The summed E-state index contributed by atoms with van der Waals surface area (Å²) in [7, 11) is 0. The third-order valence-electron chi connectivity index (χ3n) is 3.61. The molecule has 0 spiro atoms. The molecule has 2 aromatic carbocycles. The van der Waals surface area contributed by atoms with Crippen LogP contribution in [0.1, 0.15) is 15.9 Å². The lowest BCUT2D eigenvalue weighted by molar-refractivity contribution is 0.103. The Balaban J connectivity index is 1.89. The Labute approximate surface area is 143 Å². The van der Waals surface area contributed by atoms with Gasteiger partial charge in [-0.1, -0.05) is 12.1 Å². The van der Waals surface area contributed by atoms with Crippen molar-refractivity contribution in [1.82, 2.24) is 9.78 Å². The summed E-state index contributed by atoms with van der Waals surface area (Å²) in [4.78, 5) is 12.7. The average molecular weight is 340 g/mol. The Hall–Kier alpha value is -3.19. The van der Waals surface area contributed by atoms with Gasteiger partial charge >= 0.3 is 0 Å². The minimum absolute atomic E-state index is 0.185. The number of nitrogen functional groups attached to an aromatic ring is 1. The van der Waals surface area contributed by atoms with Crippen LogP contribution >= 0.6 is 0 Å². The number of nitrogens with zero attached hydrogens (tertiary/aromatic N) is 2. The first-order valence-corrected chi connectivity index (χ1v) is 7.67. The van der Waals surface area contributed by atoms with Gasteiger partial charge in [-0.25, -0.2) is 9.07 Å². The molecule has 0 amide bonds. The molecule has 7 heteroatoms. The molecule has 128 valence electrons. The lowest BCUT2D eigenvalue weighted by Gasteiger charge is -2.07. The zero-order valence-corrected chi connectivity index (χ0v) is 13.4. The highest BCUT2D eigenvalue weighted by Gasteiger charge is 2.18. The fraction of sp³-hybridized carbons (Fsp3) is 0.111. The van der Waals surface area contributed by atoms with Crippen molar-refractivity contribution in [2.75, 3.05) is 18.9 Å². The van der Waals surface area contributed by atoms with Crippen molar-refractivity contribution in [2.24, 2.45) is 5.73 Å². The number of ether oxygens (including phenoxy) is 1. The maximum Gasteiger partial charge on any atom is 0.198 e. The first-order chi connectivity index (χ1) is 12.1. The van der Waals surface area contributed by atoms with Gasteiger partial charge in [-0.3, -0.25) is 4.79 Å². The van der Waals surface area contributed by atoms with Crippen LogP contribution < -0.4 is 16.2 Å². The number of carbonyl (C=O) groups is 1. The highest BCUT2D eigenvalue weighted by molar-refractivity contribution is 6.11. The van der Waals surface area contributed by atoms with E-state index in [4.69, 9.17) is 16.2 Å². The van der Waals surface area contributed by atoms with Crippen LogP contribution in [-0.4, -0.2) is 28.7 Å². The predicted octanol–water partition coefficient (Wildman–Crippen LogP) is 2.16. The number of halogens is 1. The molecule has 0 aliphatic carbocycles. The topological polar surface area (TPSA) is 96.2 Å². The molecule has 0 bridgehead atoms. The molecule has 0 atom stereocenters. The van der Waals surface area contributed by atoms with E-state index in [1.165, 1.54) is 35.1 Å². The van der Waals surface area contributed by atoms with E-state index in [1.807, 2.05) is 0 Å². The number of ketones is 1. The molecule has 0 unspecified atom stereocenters. The van der Waals surface area contributed by atoms with Crippen LogP contribution in [0.2, 0.25) is 0 Å². The molecule has 0 aliphatic rings. The Morgan fingerprint density at radius 2 is 1.96 bits per heavy atom. The summed E-state index contributed by atoms with van der Waals surface area (Å²) in [6.07, 6.45) is 1.40. The zero-order valence-electron chi connectivity index (χ0n) is 13.4. The average Bonchev–Trinajstić information content (AvgIpc) is 3.01. The van der Waals surface area contributed by atoms with E-state index < -0.39 is 0 Å². The van der Waals surface area contributed by atoms with Gasteiger partial charge < -0.3 is 16.2 Å². The van der Waals surface area contributed by atoms with E-state index >= 15 is 0 Å². The summed E-state index contributed by atoms with van der Waals surface area (Å²) in [5, 5.41) is 4.13. The second kappa shape index (κ2) is 7.14. The van der Waals surface area contributed by atoms with Gasteiger partial charge in [-0.05, 0) is 36.4 Å². The van der Waals surface area contributed by atoms with Crippen LogP contribution in [0.3, 0.4) is 0 Å². The van der Waals surface area contributed by atoms with E-state index in [1.54, 1.807) is 24.3 Å². The zero-order chi connectivity index (χ0) is 17.8. The summed E-state index contributed by atoms with van der Waals surface area (Å²) in [5.41, 5.74) is 12.7. The summed E-state index contributed by atoms with van der Waals surface area (Å²) in [6, 6.07) is 12.4. The Kier molecular flexibility index (Phi) is 4.76. The van der Waals surface area contributed by atoms with Gasteiger partial charge in [0.25, 0.3) is 0 Å². The van der Waals surface area contributed by atoms with Crippen LogP contribution in [0, 0.1) is 5.82 Å². The molecule has 25 heavy (non-hydrogen) atoms. The number of aromatic nitrogens is 2. The largest absolute Gasteiger partial charge is 0.492 e. The summed E-state index contributed by atoms with van der Waals surface area (Å²) >= 11 is 0. The quantitative estimate of drug-likeness (QED) is 0.670. The molecule has 3 aromatic rings. The predicted molar refractivity (Wildman–Crippen MR) is 92.4 cm³/mol. The lowest BCUT2D eigenvalue weighted by atomic mass is 10.1. The van der Waals surface area contributed by atoms with E-state index in [9.17, 15) is 9.18 Å². The third kappa shape index (κ3) is 3.51. The second-order valence-electron chi connectivity index (χ2n) is 5.33. The van der Waals surface area contributed by atoms with Gasteiger partial charge in [0.05, 0.1) is 17.4 Å². The van der Waals surface area contributed by atoms with Crippen LogP contribution in [-0.2, 0) is 0 Å². The number of hydrogen-bond acceptors (Lipinski definition) is 5. The number of carbonyl (C=O) groups excluding carboxylic acids is 1. The standard InChI is InChI=1S/C18H17FN4O2/c19-13-4-6-14(7-5-13)23-18(21)16(11-22-23)17(24)12-2-1-3-15(10-12)25-9-8-20/h1-7,10-11H,8-9,20-21H2. The maximum atomic E-state index is 13.0. The second-order valence-corrected chi connectivity index (χ2v) is 5.33. The number of hydrogen-bond donors (Lipinski definition) is 2. The van der Waals surface area contributed by atoms with Crippen molar-refractivity contribution >= 4 is 11.6 Å². The molecule has 0 fully saturated rings. The van der Waals surface area contributed by atoms with E-state index in [2.05, 4.69) is 5.10 Å². The van der Waals surface area contributed by atoms with Crippen LogP contribution in [0.4, 0.5) is 10.2 Å². The molecule has 6 nitrogen and oxygen atoms in total. The van der Waals surface area contributed by atoms with E-state index in [0.717, 1.165) is 0 Å². The molecule has 0 radical (unpaired) electrons. The minimum Gasteiger partial charge on any atom is -0.492 e. The van der Waals surface area contributed by atoms with Crippen molar-refractivity contribution < 1.29 is 13.9 Å². The summed E-state index contributed by atoms with van der Waals surface area (Å²) in [5.74, 6) is 0.106. The van der Waals surface area contributed by atoms with Gasteiger partial charge in [0, 0.05) is 12.1 Å². The molecule has 0 aliphatic heterocycles. The number of anilines is 1. The first-order valence-electron chi connectivity index (χ1n) is 7.67. The van der Waals surface area contributed by atoms with Crippen LogP contribution in [0.5, 0.6) is 5.75 Å². The molecule has 1 aromatic heterocycles. The van der Waals surface area contributed by atoms with Gasteiger partial charge in [-0.15, -0.1) is 0 Å². The first kappa shape index (κ1) is 16.7. The van der Waals surface area contributed by atoms with Crippen molar-refractivity contribution in [2.45, 2.75) is 0 Å². The van der Waals surface area contributed by atoms with E-state index in [0.29, 0.717) is 30.2 Å². The number of benzene rings is 2. The van der Waals surface area contributed by atoms with Crippen molar-refractivity contribution in [3.05, 3.63) is 71.7 Å². The van der Waals surface area contributed by atoms with Crippen LogP contribution in [0.15, 0.2) is 54.7 Å². The van der Waals surface area contributed by atoms with Crippen molar-refractivity contribution in [1.29, 1.82) is 0 Å². The number of nitrogens with two attached hydrogens (primary N) is 2. The van der Waals surface area contributed by atoms with Gasteiger partial charge in [-0.2, -0.15) is 5.10 Å². The van der Waals surface area contributed by atoms with Crippen LogP contribution in [0.25, 0.3) is 5.69 Å². The molecular weight excluding hydrogens is 323 g/mol. The van der Waals surface area contributed by atoms with Gasteiger partial charge in [0.15, 0.2) is 5.78 Å². The highest BCUT2D eigenvalue weighted by Crippen LogP contribution is 2.22.